The van der Waals surface area contributed by atoms with Gasteiger partial charge in [-0.1, -0.05) is 140 Å². The highest BCUT2D eigenvalue weighted by molar-refractivity contribution is 6.16. The number of rotatable bonds is 3. The van der Waals surface area contributed by atoms with E-state index in [1.807, 2.05) is 0 Å². The molecule has 0 bridgehead atoms. The molecule has 1 nitrogen and oxygen atoms in total. The first-order chi connectivity index (χ1) is 24.3. The van der Waals surface area contributed by atoms with Crippen LogP contribution in [0.15, 0.2) is 170 Å². The van der Waals surface area contributed by atoms with E-state index in [9.17, 15) is 0 Å². The Kier molecular flexibility index (Phi) is 5.57. The van der Waals surface area contributed by atoms with Gasteiger partial charge in [-0.2, -0.15) is 0 Å². The summed E-state index contributed by atoms with van der Waals surface area (Å²) >= 11 is 0. The number of para-hydroxylation sites is 1. The summed E-state index contributed by atoms with van der Waals surface area (Å²) in [4.78, 5) is 0. The third-order valence-corrected chi connectivity index (χ3v) is 11.1. The van der Waals surface area contributed by atoms with Crippen LogP contribution >= 0.6 is 0 Å². The van der Waals surface area contributed by atoms with E-state index in [1.165, 1.54) is 99.5 Å². The Labute approximate surface area is 285 Å². The van der Waals surface area contributed by atoms with E-state index < -0.39 is 0 Å². The van der Waals surface area contributed by atoms with Crippen molar-refractivity contribution in [1.29, 1.82) is 0 Å². The molecule has 11 rings (SSSR count). The fourth-order valence-electron chi connectivity index (χ4n) is 8.97. The minimum absolute atomic E-state index is 0.211. The van der Waals surface area contributed by atoms with E-state index in [-0.39, 0.29) is 5.92 Å². The van der Waals surface area contributed by atoms with Crippen molar-refractivity contribution in [3.05, 3.63) is 198 Å². The van der Waals surface area contributed by atoms with Crippen LogP contribution in [-0.4, -0.2) is 4.57 Å². The summed E-state index contributed by atoms with van der Waals surface area (Å²) in [5, 5.41) is 5.22. The van der Waals surface area contributed by atoms with Gasteiger partial charge in [0.2, 0.25) is 0 Å². The number of nitrogens with zero attached hydrogens (tertiary/aromatic N) is 1. The monoisotopic (exact) mass is 621 g/mol. The lowest BCUT2D eigenvalue weighted by molar-refractivity contribution is 1.03. The normalized spacial score (nSPS) is 14.2. The summed E-state index contributed by atoms with van der Waals surface area (Å²) in [5.41, 5.74) is 18.6. The fraction of sp³-hybridized carbons (Fsp3) is 0.0417. The van der Waals surface area contributed by atoms with Crippen LogP contribution in [0.5, 0.6) is 0 Å². The molecule has 2 aliphatic carbocycles. The van der Waals surface area contributed by atoms with Gasteiger partial charge in [0.1, 0.15) is 0 Å². The molecule has 0 aliphatic heterocycles. The minimum atomic E-state index is 0.211. The van der Waals surface area contributed by atoms with Gasteiger partial charge >= 0.3 is 0 Å². The molecule has 228 valence electrons. The molecular formula is C48H31N. The number of aromatic nitrogens is 1. The van der Waals surface area contributed by atoms with Gasteiger partial charge < -0.3 is 4.57 Å². The highest BCUT2D eigenvalue weighted by atomic mass is 15.0. The SMILES string of the molecule is c1ccc(-n2c3ccc(-c4ccc5c(c4)-c4ccccc4C5c4cccc5ccccc45)cc3c3ccc4c(c32)-c2ccccc2C4)cc1. The highest BCUT2D eigenvalue weighted by Gasteiger charge is 2.31. The summed E-state index contributed by atoms with van der Waals surface area (Å²) in [7, 11) is 0. The van der Waals surface area contributed by atoms with E-state index in [4.69, 9.17) is 0 Å². The molecule has 0 saturated heterocycles. The maximum atomic E-state index is 2.49. The molecule has 9 aromatic rings. The lowest BCUT2D eigenvalue weighted by Gasteiger charge is -2.17. The van der Waals surface area contributed by atoms with E-state index in [0.29, 0.717) is 0 Å². The molecule has 1 aromatic heterocycles. The van der Waals surface area contributed by atoms with Gasteiger partial charge in [-0.3, -0.25) is 0 Å². The first kappa shape index (κ1) is 26.8. The van der Waals surface area contributed by atoms with Gasteiger partial charge in [0, 0.05) is 27.9 Å². The Balaban J connectivity index is 1.12. The number of hydrogen-bond donors (Lipinski definition) is 0. The van der Waals surface area contributed by atoms with Crippen LogP contribution < -0.4 is 0 Å². The summed E-state index contributed by atoms with van der Waals surface area (Å²) < 4.78 is 2.49. The molecule has 0 fully saturated rings. The van der Waals surface area contributed by atoms with Crippen molar-refractivity contribution >= 4 is 32.6 Å². The van der Waals surface area contributed by atoms with Crippen molar-refractivity contribution in [1.82, 2.24) is 4.57 Å². The van der Waals surface area contributed by atoms with Crippen molar-refractivity contribution in [2.75, 3.05) is 0 Å². The topological polar surface area (TPSA) is 4.93 Å². The quantitative estimate of drug-likeness (QED) is 0.185. The van der Waals surface area contributed by atoms with E-state index >= 15 is 0 Å². The van der Waals surface area contributed by atoms with Gasteiger partial charge in [-0.05, 0) is 103 Å². The van der Waals surface area contributed by atoms with Crippen LogP contribution in [-0.2, 0) is 6.42 Å². The second kappa shape index (κ2) is 10.2. The molecule has 49 heavy (non-hydrogen) atoms. The summed E-state index contributed by atoms with van der Waals surface area (Å²) in [6.45, 7) is 0. The van der Waals surface area contributed by atoms with Crippen LogP contribution in [0, 0.1) is 0 Å². The van der Waals surface area contributed by atoms with Crippen molar-refractivity contribution in [3.63, 3.8) is 0 Å². The zero-order valence-electron chi connectivity index (χ0n) is 26.9. The molecule has 0 radical (unpaired) electrons. The Bertz CT molecular complexity index is 2790. The second-order valence-electron chi connectivity index (χ2n) is 13.6. The third kappa shape index (κ3) is 3.82. The van der Waals surface area contributed by atoms with Crippen molar-refractivity contribution in [2.45, 2.75) is 12.3 Å². The summed E-state index contributed by atoms with van der Waals surface area (Å²) in [5.74, 6) is 0.211. The molecule has 8 aromatic carbocycles. The van der Waals surface area contributed by atoms with E-state index in [0.717, 1.165) is 6.42 Å². The van der Waals surface area contributed by atoms with Crippen LogP contribution in [0.2, 0.25) is 0 Å². The van der Waals surface area contributed by atoms with Crippen LogP contribution in [0.4, 0.5) is 0 Å². The minimum Gasteiger partial charge on any atom is -0.309 e. The van der Waals surface area contributed by atoms with Crippen molar-refractivity contribution < 1.29 is 0 Å². The predicted molar refractivity (Wildman–Crippen MR) is 205 cm³/mol. The lowest BCUT2D eigenvalue weighted by Crippen LogP contribution is -2.00. The molecule has 1 heteroatoms. The van der Waals surface area contributed by atoms with Gasteiger partial charge in [0.15, 0.2) is 0 Å². The van der Waals surface area contributed by atoms with Gasteiger partial charge in [0.25, 0.3) is 0 Å². The summed E-state index contributed by atoms with van der Waals surface area (Å²) in [6.07, 6.45) is 0.985. The second-order valence-corrected chi connectivity index (χ2v) is 13.6. The molecule has 0 N–H and O–H groups in total. The van der Waals surface area contributed by atoms with Crippen molar-refractivity contribution in [3.8, 4) is 39.1 Å². The first-order valence-electron chi connectivity index (χ1n) is 17.3. The molecule has 1 unspecified atom stereocenters. The average Bonchev–Trinajstić information content (AvgIpc) is 3.82. The highest BCUT2D eigenvalue weighted by Crippen LogP contribution is 2.51. The maximum Gasteiger partial charge on any atom is 0.0622 e. The van der Waals surface area contributed by atoms with E-state index in [2.05, 4.69) is 174 Å². The lowest BCUT2D eigenvalue weighted by atomic mass is 9.86. The Morgan fingerprint density at radius 3 is 2.08 bits per heavy atom. The molecule has 1 heterocycles. The molecule has 1 atom stereocenters. The molecule has 2 aliphatic rings. The largest absolute Gasteiger partial charge is 0.309 e. The molecule has 0 saturated carbocycles. The Morgan fingerprint density at radius 1 is 0.429 bits per heavy atom. The predicted octanol–water partition coefficient (Wildman–Crippen LogP) is 12.3. The zero-order chi connectivity index (χ0) is 32.1. The summed E-state index contributed by atoms with van der Waals surface area (Å²) in [6, 6.07) is 63.3. The molecule has 0 amide bonds. The number of hydrogen-bond acceptors (Lipinski definition) is 0. The number of fused-ring (bicyclic) bond motifs is 11. The van der Waals surface area contributed by atoms with Crippen molar-refractivity contribution in [2.24, 2.45) is 0 Å². The average molecular weight is 622 g/mol. The van der Waals surface area contributed by atoms with Crippen LogP contribution in [0.3, 0.4) is 0 Å². The van der Waals surface area contributed by atoms with Gasteiger partial charge in [-0.15, -0.1) is 0 Å². The first-order valence-corrected chi connectivity index (χ1v) is 17.3. The standard InChI is InChI=1S/C48H31N/c1-2-14-35(15-3-1)49-45-26-23-32(29-44(45)42-25-22-34-27-33-12-5-7-17-37(33)46(34)48(42)49)31-21-24-41-43(28-31)38-18-8-9-19-40(38)47(41)39-20-10-13-30-11-4-6-16-36(30)39/h1-26,28-29,47H,27H2. The fourth-order valence-corrected chi connectivity index (χ4v) is 8.97. The van der Waals surface area contributed by atoms with Gasteiger partial charge in [-0.25, -0.2) is 0 Å². The van der Waals surface area contributed by atoms with Crippen LogP contribution in [0.25, 0.3) is 71.6 Å². The van der Waals surface area contributed by atoms with Crippen LogP contribution in [0.1, 0.15) is 33.7 Å². The maximum absolute atomic E-state index is 2.49. The molecule has 0 spiro atoms. The Morgan fingerprint density at radius 2 is 1.14 bits per heavy atom. The smallest absolute Gasteiger partial charge is 0.0622 e. The zero-order valence-corrected chi connectivity index (χ0v) is 26.9. The van der Waals surface area contributed by atoms with E-state index in [1.54, 1.807) is 0 Å². The Hall–Kier alpha value is -6.18. The number of benzene rings is 8. The molecular weight excluding hydrogens is 591 g/mol. The van der Waals surface area contributed by atoms with Gasteiger partial charge in [0.05, 0.1) is 11.0 Å². The third-order valence-electron chi connectivity index (χ3n) is 11.1.